The van der Waals surface area contributed by atoms with Crippen LogP contribution < -0.4 is 10.2 Å². The van der Waals surface area contributed by atoms with Crippen LogP contribution in [0.4, 0.5) is 11.4 Å². The van der Waals surface area contributed by atoms with Crippen molar-refractivity contribution in [3.8, 4) is 22.5 Å². The summed E-state index contributed by atoms with van der Waals surface area (Å²) in [5.41, 5.74) is 6.08. The number of aromatic amines is 1. The average Bonchev–Trinajstić information content (AvgIpc) is 3.35. The van der Waals surface area contributed by atoms with E-state index < -0.39 is 0 Å². The Bertz CT molecular complexity index is 1270. The Balaban J connectivity index is 1.52. The van der Waals surface area contributed by atoms with Gasteiger partial charge >= 0.3 is 0 Å². The number of fused-ring (bicyclic) bond motifs is 1. The molecule has 0 unspecified atom stereocenters. The number of H-pyrrole nitrogens is 1. The van der Waals surface area contributed by atoms with E-state index in [2.05, 4.69) is 45.0 Å². The van der Waals surface area contributed by atoms with Crippen molar-refractivity contribution in [3.63, 3.8) is 0 Å². The third-order valence-electron chi connectivity index (χ3n) is 6.03. The topological polar surface area (TPSA) is 86.8 Å². The van der Waals surface area contributed by atoms with Gasteiger partial charge in [-0.1, -0.05) is 41.9 Å². The fourth-order valence-corrected chi connectivity index (χ4v) is 4.63. The van der Waals surface area contributed by atoms with Crippen molar-refractivity contribution in [1.82, 2.24) is 20.6 Å². The molecule has 166 valence electrons. The van der Waals surface area contributed by atoms with Gasteiger partial charge in [0.05, 0.1) is 6.04 Å². The van der Waals surface area contributed by atoms with Gasteiger partial charge in [-0.05, 0) is 71.6 Å². The Morgan fingerprint density at radius 1 is 1.03 bits per heavy atom. The van der Waals surface area contributed by atoms with Crippen molar-refractivity contribution in [3.05, 3.63) is 77.3 Å². The molecule has 2 N–H and O–H groups in total. The average molecular weight is 459 g/mol. The first-order valence-corrected chi connectivity index (χ1v) is 11.2. The van der Waals surface area contributed by atoms with Gasteiger partial charge < -0.3 is 10.2 Å². The van der Waals surface area contributed by atoms with E-state index in [0.717, 1.165) is 40.0 Å². The molecule has 1 aliphatic heterocycles. The highest BCUT2D eigenvalue weighted by atomic mass is 35.5. The van der Waals surface area contributed by atoms with Crippen LogP contribution in [0.3, 0.4) is 0 Å². The summed E-state index contributed by atoms with van der Waals surface area (Å²) in [5.74, 6) is 0.608. The maximum atomic E-state index is 12.5. The first-order chi connectivity index (χ1) is 16.0. The lowest BCUT2D eigenvalue weighted by atomic mass is 9.88. The van der Waals surface area contributed by atoms with Crippen LogP contribution in [0, 0.1) is 0 Å². The minimum absolute atomic E-state index is 0.0471. The lowest BCUT2D eigenvalue weighted by molar-refractivity contribution is -0.117. The number of hydrogen-bond acceptors (Lipinski definition) is 5. The van der Waals surface area contributed by atoms with E-state index in [9.17, 15) is 4.79 Å². The normalized spacial score (nSPS) is 17.5. The first-order valence-electron chi connectivity index (χ1n) is 10.8. The zero-order valence-electron chi connectivity index (χ0n) is 18.3. The van der Waals surface area contributed by atoms with Crippen molar-refractivity contribution in [2.75, 3.05) is 10.2 Å². The Morgan fingerprint density at radius 2 is 1.73 bits per heavy atom. The predicted molar refractivity (Wildman–Crippen MR) is 130 cm³/mol. The number of carbonyl (C=O) groups is 1. The number of nitrogens with one attached hydrogen (secondary N) is 2. The monoisotopic (exact) mass is 458 g/mol. The number of hydrogen-bond donors (Lipinski definition) is 2. The molecule has 0 aliphatic carbocycles. The van der Waals surface area contributed by atoms with E-state index in [1.54, 1.807) is 6.92 Å². The van der Waals surface area contributed by atoms with Gasteiger partial charge in [0.15, 0.2) is 0 Å². The summed E-state index contributed by atoms with van der Waals surface area (Å²) < 4.78 is 0. The molecule has 3 aromatic carbocycles. The maximum Gasteiger partial charge on any atom is 0.224 e. The van der Waals surface area contributed by atoms with Crippen molar-refractivity contribution >= 4 is 28.9 Å². The molecule has 0 radical (unpaired) electrons. The number of halogens is 1. The van der Waals surface area contributed by atoms with E-state index in [0.29, 0.717) is 10.8 Å². The molecule has 2 heterocycles. The third-order valence-corrected chi connectivity index (χ3v) is 6.28. The van der Waals surface area contributed by atoms with Crippen LogP contribution in [0.25, 0.3) is 22.5 Å². The predicted octanol–water partition coefficient (Wildman–Crippen LogP) is 5.49. The Kier molecular flexibility index (Phi) is 5.56. The van der Waals surface area contributed by atoms with Gasteiger partial charge in [0.2, 0.25) is 11.7 Å². The molecule has 8 heteroatoms. The zero-order valence-corrected chi connectivity index (χ0v) is 19.0. The highest BCUT2D eigenvalue weighted by Crippen LogP contribution is 2.41. The molecule has 0 spiro atoms. The molecular weight excluding hydrogens is 436 g/mol. The lowest BCUT2D eigenvalue weighted by Gasteiger charge is -2.39. The molecule has 0 saturated heterocycles. The minimum atomic E-state index is 0.0471. The van der Waals surface area contributed by atoms with Crippen LogP contribution in [0.2, 0.25) is 5.02 Å². The molecule has 1 aromatic heterocycles. The van der Waals surface area contributed by atoms with Crippen LogP contribution in [-0.2, 0) is 4.79 Å². The molecule has 33 heavy (non-hydrogen) atoms. The number of anilines is 2. The van der Waals surface area contributed by atoms with E-state index in [4.69, 9.17) is 11.6 Å². The summed E-state index contributed by atoms with van der Waals surface area (Å²) in [4.78, 5) is 14.3. The molecular formula is C25H23ClN6O. The van der Waals surface area contributed by atoms with E-state index >= 15 is 0 Å². The molecule has 0 saturated carbocycles. The highest BCUT2D eigenvalue weighted by Gasteiger charge is 2.32. The van der Waals surface area contributed by atoms with Crippen LogP contribution in [0.1, 0.15) is 31.9 Å². The second-order valence-corrected chi connectivity index (χ2v) is 8.70. The van der Waals surface area contributed by atoms with E-state index in [1.807, 2.05) is 59.5 Å². The molecule has 1 aliphatic rings. The summed E-state index contributed by atoms with van der Waals surface area (Å²) in [7, 11) is 0. The highest BCUT2D eigenvalue weighted by molar-refractivity contribution is 6.30. The van der Waals surface area contributed by atoms with Gasteiger partial charge in [-0.3, -0.25) is 4.79 Å². The van der Waals surface area contributed by atoms with Crippen LogP contribution in [0.15, 0.2) is 66.7 Å². The first kappa shape index (κ1) is 21.2. The van der Waals surface area contributed by atoms with Gasteiger partial charge in [-0.2, -0.15) is 5.21 Å². The largest absolute Gasteiger partial charge is 0.378 e. The summed E-state index contributed by atoms with van der Waals surface area (Å²) in [6, 6.07) is 22.2. The second-order valence-electron chi connectivity index (χ2n) is 8.26. The fraction of sp³-hybridized carbons (Fsp3) is 0.200. The second kappa shape index (κ2) is 8.67. The van der Waals surface area contributed by atoms with Crippen LogP contribution in [-0.4, -0.2) is 32.6 Å². The van der Waals surface area contributed by atoms with Gasteiger partial charge in [0, 0.05) is 34.9 Å². The van der Waals surface area contributed by atoms with Gasteiger partial charge in [0.25, 0.3) is 0 Å². The standard InChI is InChI=1S/C25H23ClN6O/c1-15-13-23(27-21-10-8-20(26)9-11-21)22-14-19(7-12-24(22)32(15)16(2)33)17-3-5-18(6-4-17)25-28-30-31-29-25/h3-12,14-15,23,27H,13H2,1-2H3,(H,28,29,30,31)/t15-,23+/m1/s1. The number of aromatic nitrogens is 4. The zero-order chi connectivity index (χ0) is 22.9. The quantitative estimate of drug-likeness (QED) is 0.422. The summed E-state index contributed by atoms with van der Waals surface area (Å²) in [6.07, 6.45) is 0.801. The Morgan fingerprint density at radius 3 is 2.39 bits per heavy atom. The van der Waals surface area contributed by atoms with Crippen molar-refractivity contribution in [2.24, 2.45) is 0 Å². The van der Waals surface area contributed by atoms with Crippen molar-refractivity contribution in [2.45, 2.75) is 32.4 Å². The van der Waals surface area contributed by atoms with Crippen LogP contribution >= 0.6 is 11.6 Å². The summed E-state index contributed by atoms with van der Waals surface area (Å²) in [5, 5.41) is 18.5. The van der Waals surface area contributed by atoms with Crippen molar-refractivity contribution in [1.29, 1.82) is 0 Å². The molecule has 0 bridgehead atoms. The van der Waals surface area contributed by atoms with Gasteiger partial charge in [-0.25, -0.2) is 0 Å². The Labute approximate surface area is 196 Å². The number of carbonyl (C=O) groups excluding carboxylic acids is 1. The Hall–Kier alpha value is -3.71. The molecule has 0 fully saturated rings. The maximum absolute atomic E-state index is 12.5. The van der Waals surface area contributed by atoms with E-state index in [1.165, 1.54) is 0 Å². The molecule has 2 atom stereocenters. The molecule has 7 nitrogen and oxygen atoms in total. The number of benzene rings is 3. The number of nitrogens with zero attached hydrogens (tertiary/aromatic N) is 4. The molecule has 5 rings (SSSR count). The number of rotatable bonds is 4. The lowest BCUT2D eigenvalue weighted by Crippen LogP contribution is -2.43. The third kappa shape index (κ3) is 4.19. The van der Waals surface area contributed by atoms with Crippen LogP contribution in [0.5, 0.6) is 0 Å². The van der Waals surface area contributed by atoms with Crippen molar-refractivity contribution < 1.29 is 4.79 Å². The number of tetrazole rings is 1. The SMILES string of the molecule is CC(=O)N1c2ccc(-c3ccc(-c4nn[nH]n4)cc3)cc2[C@@H](Nc2ccc(Cl)cc2)C[C@H]1C. The fourth-order valence-electron chi connectivity index (χ4n) is 4.50. The minimum Gasteiger partial charge on any atom is -0.378 e. The smallest absolute Gasteiger partial charge is 0.224 e. The summed E-state index contributed by atoms with van der Waals surface area (Å²) in [6.45, 7) is 3.71. The summed E-state index contributed by atoms with van der Waals surface area (Å²) >= 11 is 6.06. The van der Waals surface area contributed by atoms with E-state index in [-0.39, 0.29) is 18.0 Å². The molecule has 1 amide bonds. The van der Waals surface area contributed by atoms with Gasteiger partial charge in [-0.15, -0.1) is 10.2 Å². The van der Waals surface area contributed by atoms with Gasteiger partial charge in [0.1, 0.15) is 0 Å². The molecule has 4 aromatic rings. The number of amides is 1.